The van der Waals surface area contributed by atoms with Crippen LogP contribution in [-0.4, -0.2) is 25.7 Å². The second kappa shape index (κ2) is 4.83. The summed E-state index contributed by atoms with van der Waals surface area (Å²) in [5.41, 5.74) is 1.71. The van der Waals surface area contributed by atoms with Crippen LogP contribution in [0.1, 0.15) is 18.9 Å². The first-order valence-electron chi connectivity index (χ1n) is 5.91. The Balaban J connectivity index is 2.16. The Morgan fingerprint density at radius 1 is 1.38 bits per heavy atom. The van der Waals surface area contributed by atoms with Gasteiger partial charge >= 0.3 is 0 Å². The van der Waals surface area contributed by atoms with E-state index in [2.05, 4.69) is 17.1 Å². The molecule has 1 aromatic rings. The molecule has 0 aliphatic carbocycles. The van der Waals surface area contributed by atoms with Gasteiger partial charge in [-0.25, -0.2) is 4.39 Å². The summed E-state index contributed by atoms with van der Waals surface area (Å²) >= 11 is 0. The first kappa shape index (κ1) is 11.4. The van der Waals surface area contributed by atoms with Crippen molar-refractivity contribution in [3.8, 4) is 0 Å². The molecule has 2 nitrogen and oxygen atoms in total. The molecule has 3 heteroatoms. The lowest BCUT2D eigenvalue weighted by atomic mass is 10.2. The lowest BCUT2D eigenvalue weighted by molar-refractivity contribution is 0.566. The molecule has 88 valence electrons. The number of benzene rings is 1. The topological polar surface area (TPSA) is 15.3 Å². The summed E-state index contributed by atoms with van der Waals surface area (Å²) in [4.78, 5) is 2.13. The predicted octanol–water partition coefficient (Wildman–Crippen LogP) is 2.32. The number of rotatable bonds is 1. The molecule has 0 aromatic heterocycles. The predicted molar refractivity (Wildman–Crippen MR) is 65.4 cm³/mol. The van der Waals surface area contributed by atoms with Gasteiger partial charge in [0.2, 0.25) is 0 Å². The van der Waals surface area contributed by atoms with Crippen LogP contribution in [0.25, 0.3) is 0 Å². The minimum absolute atomic E-state index is 0.102. The molecule has 0 spiro atoms. The average Bonchev–Trinajstić information content (AvgIpc) is 2.43. The SMILES string of the molecule is Cc1ccc(N2CCNC(C)CC2)c(F)c1. The van der Waals surface area contributed by atoms with E-state index in [0.29, 0.717) is 6.04 Å². The smallest absolute Gasteiger partial charge is 0.146 e. The van der Waals surface area contributed by atoms with Gasteiger partial charge in [0.25, 0.3) is 0 Å². The van der Waals surface area contributed by atoms with Crippen molar-refractivity contribution in [3.63, 3.8) is 0 Å². The maximum absolute atomic E-state index is 13.8. The Kier molecular flexibility index (Phi) is 3.44. The second-order valence-corrected chi connectivity index (χ2v) is 4.59. The summed E-state index contributed by atoms with van der Waals surface area (Å²) in [6.07, 6.45) is 1.06. The molecule has 0 amide bonds. The first-order chi connectivity index (χ1) is 7.66. The van der Waals surface area contributed by atoms with Crippen molar-refractivity contribution < 1.29 is 4.39 Å². The number of hydrogen-bond donors (Lipinski definition) is 1. The molecule has 1 atom stereocenters. The standard InChI is InChI=1S/C13H19FN2/c1-10-3-4-13(12(14)9-10)16-7-5-11(2)15-6-8-16/h3-4,9,11,15H,5-8H2,1-2H3. The number of hydrogen-bond acceptors (Lipinski definition) is 2. The molecular weight excluding hydrogens is 203 g/mol. The van der Waals surface area contributed by atoms with E-state index in [4.69, 9.17) is 0 Å². The van der Waals surface area contributed by atoms with Crippen LogP contribution in [0.15, 0.2) is 18.2 Å². The minimum Gasteiger partial charge on any atom is -0.368 e. The van der Waals surface area contributed by atoms with E-state index in [1.165, 1.54) is 0 Å². The van der Waals surface area contributed by atoms with Crippen molar-refractivity contribution in [1.82, 2.24) is 5.32 Å². The van der Waals surface area contributed by atoms with E-state index in [-0.39, 0.29) is 5.82 Å². The maximum Gasteiger partial charge on any atom is 0.146 e. The second-order valence-electron chi connectivity index (χ2n) is 4.59. The molecule has 0 radical (unpaired) electrons. The Labute approximate surface area is 96.5 Å². The summed E-state index contributed by atoms with van der Waals surface area (Å²) < 4.78 is 13.8. The zero-order chi connectivity index (χ0) is 11.5. The van der Waals surface area contributed by atoms with Gasteiger partial charge in [-0.3, -0.25) is 0 Å². The van der Waals surface area contributed by atoms with Crippen molar-refractivity contribution in [2.75, 3.05) is 24.5 Å². The van der Waals surface area contributed by atoms with Gasteiger partial charge in [-0.2, -0.15) is 0 Å². The van der Waals surface area contributed by atoms with E-state index in [0.717, 1.165) is 37.3 Å². The lowest BCUT2D eigenvalue weighted by Crippen LogP contribution is -2.29. The molecule has 1 aromatic carbocycles. The highest BCUT2D eigenvalue weighted by Gasteiger charge is 2.16. The molecule has 0 bridgehead atoms. The molecule has 2 rings (SSSR count). The fraction of sp³-hybridized carbons (Fsp3) is 0.538. The van der Waals surface area contributed by atoms with Crippen LogP contribution in [-0.2, 0) is 0 Å². The molecule has 1 aliphatic rings. The van der Waals surface area contributed by atoms with Crippen LogP contribution in [0.2, 0.25) is 0 Å². The number of halogens is 1. The van der Waals surface area contributed by atoms with Crippen LogP contribution in [0.4, 0.5) is 10.1 Å². The average molecular weight is 222 g/mol. The molecule has 1 N–H and O–H groups in total. The highest BCUT2D eigenvalue weighted by molar-refractivity contribution is 5.49. The molecular formula is C13H19FN2. The van der Waals surface area contributed by atoms with Gasteiger partial charge in [0.1, 0.15) is 5.82 Å². The zero-order valence-corrected chi connectivity index (χ0v) is 9.96. The Hall–Kier alpha value is -1.09. The molecule has 0 saturated carbocycles. The maximum atomic E-state index is 13.8. The Morgan fingerprint density at radius 2 is 2.19 bits per heavy atom. The van der Waals surface area contributed by atoms with Crippen molar-refractivity contribution in [3.05, 3.63) is 29.6 Å². The number of anilines is 1. The van der Waals surface area contributed by atoms with Crippen LogP contribution in [0, 0.1) is 12.7 Å². The van der Waals surface area contributed by atoms with Crippen molar-refractivity contribution >= 4 is 5.69 Å². The van der Waals surface area contributed by atoms with E-state index < -0.39 is 0 Å². The first-order valence-corrected chi connectivity index (χ1v) is 5.91. The Morgan fingerprint density at radius 3 is 2.94 bits per heavy atom. The molecule has 1 aliphatic heterocycles. The third kappa shape index (κ3) is 2.53. The normalized spacial score (nSPS) is 21.9. The quantitative estimate of drug-likeness (QED) is 0.784. The van der Waals surface area contributed by atoms with Crippen molar-refractivity contribution in [2.45, 2.75) is 26.3 Å². The van der Waals surface area contributed by atoms with E-state index >= 15 is 0 Å². The van der Waals surface area contributed by atoms with E-state index in [9.17, 15) is 4.39 Å². The van der Waals surface area contributed by atoms with Gasteiger partial charge in [-0.1, -0.05) is 6.07 Å². The van der Waals surface area contributed by atoms with Crippen LogP contribution < -0.4 is 10.2 Å². The largest absolute Gasteiger partial charge is 0.368 e. The third-order valence-electron chi connectivity index (χ3n) is 3.15. The van der Waals surface area contributed by atoms with Crippen molar-refractivity contribution in [1.29, 1.82) is 0 Å². The number of aryl methyl sites for hydroxylation is 1. The van der Waals surface area contributed by atoms with Gasteiger partial charge in [0, 0.05) is 25.7 Å². The highest BCUT2D eigenvalue weighted by Crippen LogP contribution is 2.21. The van der Waals surface area contributed by atoms with Gasteiger partial charge in [0.05, 0.1) is 5.69 Å². The molecule has 1 heterocycles. The van der Waals surface area contributed by atoms with E-state index in [1.807, 2.05) is 19.1 Å². The fourth-order valence-electron chi connectivity index (χ4n) is 2.12. The summed E-state index contributed by atoms with van der Waals surface area (Å²) in [5, 5.41) is 3.41. The summed E-state index contributed by atoms with van der Waals surface area (Å²) in [6.45, 7) is 6.82. The fourth-order valence-corrected chi connectivity index (χ4v) is 2.12. The lowest BCUT2D eigenvalue weighted by Gasteiger charge is -2.23. The molecule has 1 saturated heterocycles. The van der Waals surface area contributed by atoms with Crippen molar-refractivity contribution in [2.24, 2.45) is 0 Å². The molecule has 16 heavy (non-hydrogen) atoms. The summed E-state index contributed by atoms with van der Waals surface area (Å²) in [5.74, 6) is -0.102. The number of nitrogens with one attached hydrogen (secondary N) is 1. The van der Waals surface area contributed by atoms with E-state index in [1.54, 1.807) is 6.07 Å². The third-order valence-corrected chi connectivity index (χ3v) is 3.15. The minimum atomic E-state index is -0.102. The van der Waals surface area contributed by atoms with Gasteiger partial charge in [-0.15, -0.1) is 0 Å². The zero-order valence-electron chi connectivity index (χ0n) is 9.96. The number of nitrogens with zero attached hydrogens (tertiary/aromatic N) is 1. The van der Waals surface area contributed by atoms with Gasteiger partial charge in [0.15, 0.2) is 0 Å². The molecule has 1 unspecified atom stereocenters. The summed E-state index contributed by atoms with van der Waals surface area (Å²) in [7, 11) is 0. The molecule has 1 fully saturated rings. The van der Waals surface area contributed by atoms with Gasteiger partial charge in [-0.05, 0) is 38.0 Å². The Bertz CT molecular complexity index is 365. The van der Waals surface area contributed by atoms with Crippen LogP contribution in [0.3, 0.4) is 0 Å². The summed E-state index contributed by atoms with van der Waals surface area (Å²) in [6, 6.07) is 6.00. The van der Waals surface area contributed by atoms with Crippen LogP contribution in [0.5, 0.6) is 0 Å². The highest BCUT2D eigenvalue weighted by atomic mass is 19.1. The van der Waals surface area contributed by atoms with Gasteiger partial charge < -0.3 is 10.2 Å². The van der Waals surface area contributed by atoms with Crippen LogP contribution >= 0.6 is 0 Å². The monoisotopic (exact) mass is 222 g/mol.